The second-order valence-electron chi connectivity index (χ2n) is 5.97. The molecule has 0 aliphatic heterocycles. The van der Waals surface area contributed by atoms with Gasteiger partial charge in [-0.2, -0.15) is 0 Å². The first-order chi connectivity index (χ1) is 12.1. The lowest BCUT2D eigenvalue weighted by Crippen LogP contribution is -2.31. The van der Waals surface area contributed by atoms with Crippen LogP contribution < -0.4 is 0 Å². The molecule has 3 aromatic rings. The standard InChI is InChI=1S/C21H21ClN2O/c1-4-24(5-2)21(25)19-14(3)20(15-9-8-10-16(22)13-15)23-18-12-7-6-11-17(18)19/h6-13H,4-5H2,1-3H3. The van der Waals surface area contributed by atoms with Crippen molar-refractivity contribution < 1.29 is 4.79 Å². The predicted octanol–water partition coefficient (Wildman–Crippen LogP) is 5.35. The summed E-state index contributed by atoms with van der Waals surface area (Å²) in [5, 5.41) is 1.55. The monoisotopic (exact) mass is 352 g/mol. The summed E-state index contributed by atoms with van der Waals surface area (Å²) in [4.78, 5) is 19.8. The molecule has 25 heavy (non-hydrogen) atoms. The van der Waals surface area contributed by atoms with Gasteiger partial charge in [0.1, 0.15) is 0 Å². The van der Waals surface area contributed by atoms with Gasteiger partial charge in [0.15, 0.2) is 0 Å². The Balaban J connectivity index is 2.31. The topological polar surface area (TPSA) is 33.2 Å². The molecule has 0 fully saturated rings. The molecule has 0 spiro atoms. The molecule has 3 rings (SSSR count). The molecule has 1 heterocycles. The Morgan fingerprint density at radius 3 is 2.48 bits per heavy atom. The Bertz CT molecular complexity index is 932. The van der Waals surface area contributed by atoms with Crippen molar-refractivity contribution in [3.05, 3.63) is 64.7 Å². The molecule has 0 aliphatic rings. The van der Waals surface area contributed by atoms with E-state index in [1.165, 1.54) is 0 Å². The highest BCUT2D eigenvalue weighted by atomic mass is 35.5. The van der Waals surface area contributed by atoms with E-state index in [0.717, 1.165) is 33.3 Å². The number of amides is 1. The molecule has 0 bridgehead atoms. The van der Waals surface area contributed by atoms with Crippen molar-refractivity contribution in [1.29, 1.82) is 0 Å². The SMILES string of the molecule is CCN(CC)C(=O)c1c(C)c(-c2cccc(Cl)c2)nc2ccccc12. The van der Waals surface area contributed by atoms with E-state index < -0.39 is 0 Å². The van der Waals surface area contributed by atoms with Crippen molar-refractivity contribution in [1.82, 2.24) is 9.88 Å². The smallest absolute Gasteiger partial charge is 0.254 e. The van der Waals surface area contributed by atoms with Crippen LogP contribution in [0.5, 0.6) is 0 Å². The van der Waals surface area contributed by atoms with Crippen LogP contribution in [0.1, 0.15) is 29.8 Å². The Morgan fingerprint density at radius 2 is 1.80 bits per heavy atom. The van der Waals surface area contributed by atoms with Crippen LogP contribution in [0, 0.1) is 6.92 Å². The number of nitrogens with zero attached hydrogens (tertiary/aromatic N) is 2. The van der Waals surface area contributed by atoms with Gasteiger partial charge in [-0.1, -0.05) is 41.9 Å². The number of hydrogen-bond donors (Lipinski definition) is 0. The third-order valence-electron chi connectivity index (χ3n) is 4.50. The summed E-state index contributed by atoms with van der Waals surface area (Å²) in [6.45, 7) is 7.32. The summed E-state index contributed by atoms with van der Waals surface area (Å²) < 4.78 is 0. The quantitative estimate of drug-likeness (QED) is 0.634. The number of fused-ring (bicyclic) bond motifs is 1. The summed E-state index contributed by atoms with van der Waals surface area (Å²) in [7, 11) is 0. The fraction of sp³-hybridized carbons (Fsp3) is 0.238. The summed E-state index contributed by atoms with van der Waals surface area (Å²) in [6.07, 6.45) is 0. The van der Waals surface area contributed by atoms with Crippen LogP contribution in [0.4, 0.5) is 0 Å². The molecule has 1 aromatic heterocycles. The van der Waals surface area contributed by atoms with Crippen LogP contribution in [0.3, 0.4) is 0 Å². The molecule has 2 aromatic carbocycles. The minimum absolute atomic E-state index is 0.0457. The molecule has 0 saturated carbocycles. The first-order valence-corrected chi connectivity index (χ1v) is 8.89. The van der Waals surface area contributed by atoms with Crippen molar-refractivity contribution in [3.8, 4) is 11.3 Å². The van der Waals surface area contributed by atoms with Crippen molar-refractivity contribution in [2.75, 3.05) is 13.1 Å². The summed E-state index contributed by atoms with van der Waals surface area (Å²) in [5.74, 6) is 0.0457. The van der Waals surface area contributed by atoms with E-state index in [4.69, 9.17) is 16.6 Å². The van der Waals surface area contributed by atoms with Gasteiger partial charge >= 0.3 is 0 Å². The largest absolute Gasteiger partial charge is 0.339 e. The van der Waals surface area contributed by atoms with Gasteiger partial charge in [-0.25, -0.2) is 4.98 Å². The van der Waals surface area contributed by atoms with E-state index in [-0.39, 0.29) is 5.91 Å². The second kappa shape index (κ2) is 7.24. The number of carbonyl (C=O) groups excluding carboxylic acids is 1. The maximum atomic E-state index is 13.2. The van der Waals surface area contributed by atoms with Crippen LogP contribution >= 0.6 is 11.6 Å². The fourth-order valence-corrected chi connectivity index (χ4v) is 3.36. The molecular formula is C21H21ClN2O. The third kappa shape index (κ3) is 3.24. The minimum atomic E-state index is 0.0457. The average Bonchev–Trinajstić information content (AvgIpc) is 2.62. The first-order valence-electron chi connectivity index (χ1n) is 8.51. The lowest BCUT2D eigenvalue weighted by Gasteiger charge is -2.22. The number of halogens is 1. The van der Waals surface area contributed by atoms with Crippen molar-refractivity contribution in [2.45, 2.75) is 20.8 Å². The Labute approximate surface area is 153 Å². The van der Waals surface area contributed by atoms with Gasteiger partial charge in [-0.3, -0.25) is 4.79 Å². The zero-order valence-corrected chi connectivity index (χ0v) is 15.5. The van der Waals surface area contributed by atoms with Crippen LogP contribution in [-0.2, 0) is 0 Å². The Kier molecular flexibility index (Phi) is 5.05. The average molecular weight is 353 g/mol. The number of rotatable bonds is 4. The van der Waals surface area contributed by atoms with Crippen molar-refractivity contribution >= 4 is 28.4 Å². The van der Waals surface area contributed by atoms with Crippen LogP contribution in [-0.4, -0.2) is 28.9 Å². The molecule has 128 valence electrons. The Hall–Kier alpha value is -2.39. The summed E-state index contributed by atoms with van der Waals surface area (Å²) in [5.41, 5.74) is 4.15. The maximum Gasteiger partial charge on any atom is 0.254 e. The number of hydrogen-bond acceptors (Lipinski definition) is 2. The number of para-hydroxylation sites is 1. The molecule has 0 saturated heterocycles. The van der Waals surface area contributed by atoms with E-state index in [9.17, 15) is 4.79 Å². The highest BCUT2D eigenvalue weighted by Gasteiger charge is 2.21. The first kappa shape index (κ1) is 17.4. The highest BCUT2D eigenvalue weighted by Crippen LogP contribution is 2.31. The van der Waals surface area contributed by atoms with Gasteiger partial charge in [-0.15, -0.1) is 0 Å². The second-order valence-corrected chi connectivity index (χ2v) is 6.40. The molecule has 0 unspecified atom stereocenters. The number of carbonyl (C=O) groups is 1. The van der Waals surface area contributed by atoms with Crippen LogP contribution in [0.2, 0.25) is 5.02 Å². The molecule has 3 nitrogen and oxygen atoms in total. The third-order valence-corrected chi connectivity index (χ3v) is 4.73. The van der Waals surface area contributed by atoms with Gasteiger partial charge in [0.2, 0.25) is 0 Å². The Morgan fingerprint density at radius 1 is 1.08 bits per heavy atom. The lowest BCUT2D eigenvalue weighted by atomic mass is 9.97. The molecular weight excluding hydrogens is 332 g/mol. The van der Waals surface area contributed by atoms with E-state index in [1.807, 2.05) is 74.2 Å². The lowest BCUT2D eigenvalue weighted by molar-refractivity contribution is 0.0774. The van der Waals surface area contributed by atoms with Gasteiger partial charge in [0.25, 0.3) is 5.91 Å². The summed E-state index contributed by atoms with van der Waals surface area (Å²) in [6, 6.07) is 15.4. The minimum Gasteiger partial charge on any atom is -0.339 e. The van der Waals surface area contributed by atoms with E-state index in [0.29, 0.717) is 18.1 Å². The van der Waals surface area contributed by atoms with E-state index >= 15 is 0 Å². The van der Waals surface area contributed by atoms with Crippen LogP contribution in [0.25, 0.3) is 22.2 Å². The van der Waals surface area contributed by atoms with Gasteiger partial charge < -0.3 is 4.90 Å². The number of benzene rings is 2. The number of aromatic nitrogens is 1. The molecule has 1 amide bonds. The molecule has 4 heteroatoms. The maximum absolute atomic E-state index is 13.2. The molecule has 0 N–H and O–H groups in total. The summed E-state index contributed by atoms with van der Waals surface area (Å²) >= 11 is 6.16. The highest BCUT2D eigenvalue weighted by molar-refractivity contribution is 6.30. The fourth-order valence-electron chi connectivity index (χ4n) is 3.17. The molecule has 0 radical (unpaired) electrons. The van der Waals surface area contributed by atoms with Gasteiger partial charge in [0, 0.05) is 29.1 Å². The van der Waals surface area contributed by atoms with Gasteiger partial charge in [-0.05, 0) is 44.5 Å². The predicted molar refractivity (Wildman–Crippen MR) is 104 cm³/mol. The van der Waals surface area contributed by atoms with Gasteiger partial charge in [0.05, 0.1) is 16.8 Å². The number of pyridine rings is 1. The normalized spacial score (nSPS) is 10.9. The van der Waals surface area contributed by atoms with E-state index in [2.05, 4.69) is 0 Å². The van der Waals surface area contributed by atoms with Crippen LogP contribution in [0.15, 0.2) is 48.5 Å². The van der Waals surface area contributed by atoms with Crippen molar-refractivity contribution in [2.24, 2.45) is 0 Å². The molecule has 0 aliphatic carbocycles. The zero-order valence-electron chi connectivity index (χ0n) is 14.7. The van der Waals surface area contributed by atoms with Crippen molar-refractivity contribution in [3.63, 3.8) is 0 Å². The zero-order chi connectivity index (χ0) is 18.0. The molecule has 0 atom stereocenters. The van der Waals surface area contributed by atoms with E-state index in [1.54, 1.807) is 0 Å².